The lowest BCUT2D eigenvalue weighted by molar-refractivity contribution is -0.245. The van der Waals surface area contributed by atoms with Crippen molar-refractivity contribution in [3.8, 4) is 11.1 Å². The summed E-state index contributed by atoms with van der Waals surface area (Å²) in [5.74, 6) is -0.489. The summed E-state index contributed by atoms with van der Waals surface area (Å²) in [7, 11) is 0. The smallest absolute Gasteiger partial charge is 0.303 e. The van der Waals surface area contributed by atoms with Crippen LogP contribution >= 0.6 is 11.8 Å². The van der Waals surface area contributed by atoms with Crippen molar-refractivity contribution < 1.29 is 34.1 Å². The first-order chi connectivity index (χ1) is 23.2. The number of anilines is 1. The fourth-order valence-corrected chi connectivity index (χ4v) is 6.39. The fraction of sp³-hybridized carbons (Fsp3) is 0.289. The van der Waals surface area contributed by atoms with E-state index in [1.807, 2.05) is 91.0 Å². The number of aliphatic hydroxyl groups excluding tert-OH is 1. The fourth-order valence-electron chi connectivity index (χ4n) is 5.46. The number of thioether (sulfide) groups is 1. The number of aliphatic hydroxyl groups is 1. The van der Waals surface area contributed by atoms with Gasteiger partial charge in [-0.1, -0.05) is 60.7 Å². The van der Waals surface area contributed by atoms with Crippen LogP contribution in [-0.4, -0.2) is 39.9 Å². The van der Waals surface area contributed by atoms with Crippen molar-refractivity contribution >= 4 is 35.2 Å². The van der Waals surface area contributed by atoms with E-state index in [1.165, 1.54) is 6.92 Å². The van der Waals surface area contributed by atoms with Gasteiger partial charge in [0.15, 0.2) is 6.29 Å². The molecule has 4 N–H and O–H groups in total. The molecule has 0 bridgehead atoms. The lowest BCUT2D eigenvalue weighted by atomic mass is 9.99. The number of carboxylic acids is 1. The largest absolute Gasteiger partial charge is 0.481 e. The van der Waals surface area contributed by atoms with Gasteiger partial charge in [-0.15, -0.1) is 11.8 Å². The average Bonchev–Trinajstić information content (AvgIpc) is 3.10. The number of nitrogens with one attached hydrogen (secondary N) is 2. The molecule has 1 heterocycles. The van der Waals surface area contributed by atoms with Crippen LogP contribution in [0.1, 0.15) is 67.3 Å². The number of hydrogen-bond donors (Lipinski definition) is 4. The van der Waals surface area contributed by atoms with Crippen LogP contribution < -0.4 is 10.6 Å². The van der Waals surface area contributed by atoms with E-state index in [4.69, 9.17) is 14.6 Å². The number of carbonyl (C=O) groups is 3. The molecule has 250 valence electrons. The summed E-state index contributed by atoms with van der Waals surface area (Å²) in [4.78, 5) is 35.4. The summed E-state index contributed by atoms with van der Waals surface area (Å²) in [5, 5.41) is 24.0. The third-order valence-electron chi connectivity index (χ3n) is 7.93. The molecule has 1 aliphatic rings. The summed E-state index contributed by atoms with van der Waals surface area (Å²) in [5.41, 5.74) is 6.39. The van der Waals surface area contributed by atoms with Crippen molar-refractivity contribution in [3.05, 3.63) is 119 Å². The molecular weight excluding hydrogens is 628 g/mol. The third kappa shape index (κ3) is 10.3. The van der Waals surface area contributed by atoms with E-state index in [2.05, 4.69) is 16.7 Å². The number of amides is 2. The Morgan fingerprint density at radius 1 is 0.833 bits per heavy atom. The highest BCUT2D eigenvalue weighted by atomic mass is 32.2. The number of aliphatic carboxylic acids is 1. The second kappa shape index (κ2) is 17.1. The number of benzene rings is 4. The highest BCUT2D eigenvalue weighted by Crippen LogP contribution is 2.40. The Morgan fingerprint density at radius 3 is 2.27 bits per heavy atom. The molecule has 9 nitrogen and oxygen atoms in total. The first-order valence-electron chi connectivity index (χ1n) is 15.9. The van der Waals surface area contributed by atoms with Gasteiger partial charge >= 0.3 is 5.97 Å². The summed E-state index contributed by atoms with van der Waals surface area (Å²) < 4.78 is 13.1. The van der Waals surface area contributed by atoms with Crippen LogP contribution in [0.2, 0.25) is 0 Å². The zero-order chi connectivity index (χ0) is 33.9. The molecule has 1 saturated heterocycles. The lowest BCUT2D eigenvalue weighted by Gasteiger charge is -2.36. The van der Waals surface area contributed by atoms with Crippen molar-refractivity contribution in [3.63, 3.8) is 0 Å². The third-order valence-corrected chi connectivity index (χ3v) is 9.07. The van der Waals surface area contributed by atoms with Gasteiger partial charge in [0.25, 0.3) is 0 Å². The molecule has 5 rings (SSSR count). The van der Waals surface area contributed by atoms with Gasteiger partial charge in [-0.2, -0.15) is 0 Å². The van der Waals surface area contributed by atoms with Gasteiger partial charge in [-0.05, 0) is 70.6 Å². The van der Waals surface area contributed by atoms with Gasteiger partial charge in [0.2, 0.25) is 11.8 Å². The van der Waals surface area contributed by atoms with E-state index in [1.54, 1.807) is 11.8 Å². The molecule has 0 aliphatic carbocycles. The zero-order valence-corrected chi connectivity index (χ0v) is 27.6. The number of carboxylic acid groups (broad SMARTS) is 1. The van der Waals surface area contributed by atoms with Crippen molar-refractivity contribution in [2.24, 2.45) is 0 Å². The standard InChI is InChI=1S/C38H40N2O7S/c1-25(42)40-32-15-17-34(18-16-32)48-24-33-21-35(28-13-11-26(23-41)12-14-28)47-38(46-33)31-8-3-7-30(20-31)29-6-2-5-27(19-29)22-39-36(43)9-4-10-37(44)45/h2-3,5-8,11-20,33,35,38,41H,4,9-10,21-24H2,1H3,(H,39,43)(H,40,42)(H,44,45)/t33-,35+,38+/m1/s1. The molecule has 10 heteroatoms. The number of ether oxygens (including phenoxy) is 2. The minimum Gasteiger partial charge on any atom is -0.481 e. The Morgan fingerprint density at radius 2 is 1.56 bits per heavy atom. The molecular formula is C38H40N2O7S. The van der Waals surface area contributed by atoms with Crippen molar-refractivity contribution in [2.75, 3.05) is 11.1 Å². The lowest BCUT2D eigenvalue weighted by Crippen LogP contribution is -2.31. The second-order valence-electron chi connectivity index (χ2n) is 11.7. The van der Waals surface area contributed by atoms with E-state index in [0.29, 0.717) is 25.1 Å². The monoisotopic (exact) mass is 668 g/mol. The summed E-state index contributed by atoms with van der Waals surface area (Å²) in [6.45, 7) is 1.81. The normalized spacial score (nSPS) is 17.4. The van der Waals surface area contributed by atoms with Crippen molar-refractivity contribution in [1.82, 2.24) is 5.32 Å². The minimum atomic E-state index is -0.908. The molecule has 48 heavy (non-hydrogen) atoms. The van der Waals surface area contributed by atoms with E-state index in [9.17, 15) is 19.5 Å². The first-order valence-corrected chi connectivity index (χ1v) is 16.9. The SMILES string of the molecule is CC(=O)Nc1ccc(SC[C@H]2C[C@@H](c3ccc(CO)cc3)O[C@@H](c3cccc(-c4cccc(CNC(=O)CCCC(=O)O)c4)c3)O2)cc1. The first kappa shape index (κ1) is 34.8. The zero-order valence-electron chi connectivity index (χ0n) is 26.8. The molecule has 0 spiro atoms. The van der Waals surface area contributed by atoms with Crippen LogP contribution in [0.3, 0.4) is 0 Å². The molecule has 0 saturated carbocycles. The van der Waals surface area contributed by atoms with Crippen LogP contribution in [0.5, 0.6) is 0 Å². The van der Waals surface area contributed by atoms with Gasteiger partial charge in [0, 0.05) is 54.6 Å². The Balaban J connectivity index is 1.30. The molecule has 0 unspecified atom stereocenters. The van der Waals surface area contributed by atoms with Crippen LogP contribution in [0.15, 0.2) is 102 Å². The van der Waals surface area contributed by atoms with Gasteiger partial charge in [0.05, 0.1) is 18.8 Å². The van der Waals surface area contributed by atoms with Gasteiger partial charge < -0.3 is 30.3 Å². The minimum absolute atomic E-state index is 0.0231. The number of carbonyl (C=O) groups excluding carboxylic acids is 2. The molecule has 0 aromatic heterocycles. The van der Waals surface area contributed by atoms with Gasteiger partial charge in [-0.25, -0.2) is 0 Å². The molecule has 2 amide bonds. The molecule has 1 fully saturated rings. The molecule has 0 radical (unpaired) electrons. The van der Waals surface area contributed by atoms with Gasteiger partial charge in [-0.3, -0.25) is 14.4 Å². The molecule has 3 atom stereocenters. The number of rotatable bonds is 14. The maximum atomic E-state index is 12.2. The number of hydrogen-bond acceptors (Lipinski definition) is 7. The second-order valence-corrected chi connectivity index (χ2v) is 12.8. The van der Waals surface area contributed by atoms with Crippen LogP contribution in [0, 0.1) is 0 Å². The summed E-state index contributed by atoms with van der Waals surface area (Å²) in [6.07, 6.45) is 0.178. The van der Waals surface area contributed by atoms with E-state index >= 15 is 0 Å². The maximum absolute atomic E-state index is 12.2. The Bertz CT molecular complexity index is 1690. The predicted molar refractivity (Wildman–Crippen MR) is 185 cm³/mol. The van der Waals surface area contributed by atoms with Crippen molar-refractivity contribution in [1.29, 1.82) is 0 Å². The Kier molecular flexibility index (Phi) is 12.4. The maximum Gasteiger partial charge on any atom is 0.303 e. The van der Waals surface area contributed by atoms with E-state index < -0.39 is 12.3 Å². The molecule has 4 aromatic rings. The molecule has 4 aromatic carbocycles. The van der Waals surface area contributed by atoms with Crippen LogP contribution in [-0.2, 0) is 37.0 Å². The Hall–Kier alpha value is -4.48. The predicted octanol–water partition coefficient (Wildman–Crippen LogP) is 7.01. The summed E-state index contributed by atoms with van der Waals surface area (Å²) in [6, 6.07) is 31.6. The van der Waals surface area contributed by atoms with Crippen LogP contribution in [0.4, 0.5) is 5.69 Å². The van der Waals surface area contributed by atoms with Crippen LogP contribution in [0.25, 0.3) is 11.1 Å². The highest BCUT2D eigenvalue weighted by Gasteiger charge is 2.32. The van der Waals surface area contributed by atoms with Gasteiger partial charge in [0.1, 0.15) is 0 Å². The average molecular weight is 669 g/mol. The van der Waals surface area contributed by atoms with Crippen molar-refractivity contribution in [2.45, 2.75) is 69.2 Å². The Labute approximate surface area is 284 Å². The van der Waals surface area contributed by atoms with E-state index in [-0.39, 0.29) is 43.5 Å². The van der Waals surface area contributed by atoms with E-state index in [0.717, 1.165) is 44.0 Å². The highest BCUT2D eigenvalue weighted by molar-refractivity contribution is 7.99. The molecule has 1 aliphatic heterocycles. The summed E-state index contributed by atoms with van der Waals surface area (Å²) >= 11 is 1.69. The quantitative estimate of drug-likeness (QED) is 0.105. The topological polar surface area (TPSA) is 134 Å².